The molecule has 2 aliphatic rings. The molecule has 1 aromatic carbocycles. The van der Waals surface area contributed by atoms with Gasteiger partial charge in [-0.3, -0.25) is 4.21 Å². The van der Waals surface area contributed by atoms with Gasteiger partial charge in [-0.1, -0.05) is 6.42 Å². The first-order valence-electron chi connectivity index (χ1n) is 7.87. The van der Waals surface area contributed by atoms with E-state index < -0.39 is 16.4 Å². The molecule has 0 radical (unpaired) electrons. The van der Waals surface area contributed by atoms with Crippen molar-refractivity contribution in [2.24, 2.45) is 0 Å². The Morgan fingerprint density at radius 1 is 1.14 bits per heavy atom. The summed E-state index contributed by atoms with van der Waals surface area (Å²) in [7, 11) is 2.49. The van der Waals surface area contributed by atoms with E-state index in [0.29, 0.717) is 19.3 Å². The number of ether oxygens (including phenoxy) is 2. The normalized spacial score (nSPS) is 34.2. The van der Waals surface area contributed by atoms with Crippen molar-refractivity contribution in [1.29, 1.82) is 0 Å². The van der Waals surface area contributed by atoms with E-state index in [1.54, 1.807) is 14.2 Å². The van der Waals surface area contributed by atoms with Crippen LogP contribution < -0.4 is 9.47 Å². The number of hydrogen-bond donors (Lipinski definition) is 1. The fraction of sp³-hybridized carbons (Fsp3) is 0.647. The second-order valence-electron chi connectivity index (χ2n) is 6.53. The summed E-state index contributed by atoms with van der Waals surface area (Å²) >= 11 is 0. The highest BCUT2D eigenvalue weighted by molar-refractivity contribution is 7.86. The van der Waals surface area contributed by atoms with Crippen LogP contribution >= 0.6 is 0 Å². The molecule has 0 saturated carbocycles. The Kier molecular flexibility index (Phi) is 4.46. The van der Waals surface area contributed by atoms with Crippen molar-refractivity contribution in [3.05, 3.63) is 23.8 Å². The third-order valence-corrected chi connectivity index (χ3v) is 6.99. The van der Waals surface area contributed by atoms with Crippen LogP contribution in [0.2, 0.25) is 0 Å². The predicted octanol–water partition coefficient (Wildman–Crippen LogP) is 2.44. The molecule has 22 heavy (non-hydrogen) atoms. The van der Waals surface area contributed by atoms with Crippen molar-refractivity contribution in [1.82, 2.24) is 0 Å². The molecule has 2 unspecified atom stereocenters. The van der Waals surface area contributed by atoms with Crippen molar-refractivity contribution in [2.75, 3.05) is 14.2 Å². The number of fused-ring (bicyclic) bond motifs is 2. The molecule has 2 bridgehead atoms. The smallest absolute Gasteiger partial charge is 0.122 e. The van der Waals surface area contributed by atoms with Crippen LogP contribution in [0.4, 0.5) is 0 Å². The van der Waals surface area contributed by atoms with Gasteiger partial charge in [0, 0.05) is 33.8 Å². The lowest BCUT2D eigenvalue weighted by Gasteiger charge is -2.43. The SMILES string of the molecule is COc1cc(CC2(O)CC3CCCC(C2)S3=O)cc(OC)c1. The summed E-state index contributed by atoms with van der Waals surface area (Å²) in [5.41, 5.74) is 0.241. The Morgan fingerprint density at radius 2 is 1.68 bits per heavy atom. The monoisotopic (exact) mass is 324 g/mol. The number of methoxy groups -OCH3 is 2. The summed E-state index contributed by atoms with van der Waals surface area (Å²) in [4.78, 5) is 0. The molecule has 2 heterocycles. The Hall–Kier alpha value is -1.07. The summed E-state index contributed by atoms with van der Waals surface area (Å²) in [6, 6.07) is 5.72. The van der Waals surface area contributed by atoms with Gasteiger partial charge in [0.15, 0.2) is 0 Å². The van der Waals surface area contributed by atoms with Crippen LogP contribution in [0.5, 0.6) is 11.5 Å². The Labute approximate surface area is 134 Å². The molecule has 2 fully saturated rings. The highest BCUT2D eigenvalue weighted by Gasteiger charge is 2.45. The summed E-state index contributed by atoms with van der Waals surface area (Å²) < 4.78 is 22.9. The zero-order valence-electron chi connectivity index (χ0n) is 13.2. The number of rotatable bonds is 4. The lowest BCUT2D eigenvalue weighted by atomic mass is 9.81. The minimum absolute atomic E-state index is 0.157. The molecule has 2 aliphatic heterocycles. The lowest BCUT2D eigenvalue weighted by molar-refractivity contribution is 0.0114. The van der Waals surface area contributed by atoms with Crippen LogP contribution in [0.15, 0.2) is 18.2 Å². The van der Waals surface area contributed by atoms with Gasteiger partial charge in [0.05, 0.1) is 19.8 Å². The highest BCUT2D eigenvalue weighted by atomic mass is 32.2. The van der Waals surface area contributed by atoms with E-state index in [2.05, 4.69) is 0 Å². The summed E-state index contributed by atoms with van der Waals surface area (Å²) in [6.07, 6.45) is 4.93. The van der Waals surface area contributed by atoms with E-state index in [0.717, 1.165) is 36.3 Å². The van der Waals surface area contributed by atoms with Gasteiger partial charge in [-0.2, -0.15) is 0 Å². The van der Waals surface area contributed by atoms with Crippen LogP contribution in [-0.4, -0.2) is 39.6 Å². The molecule has 0 spiro atoms. The molecule has 0 aromatic heterocycles. The zero-order chi connectivity index (χ0) is 15.7. The van der Waals surface area contributed by atoms with E-state index in [1.165, 1.54) is 0 Å². The molecule has 5 heteroatoms. The van der Waals surface area contributed by atoms with Gasteiger partial charge in [-0.25, -0.2) is 0 Å². The van der Waals surface area contributed by atoms with Crippen LogP contribution in [-0.2, 0) is 17.2 Å². The number of benzene rings is 1. The maximum atomic E-state index is 12.3. The van der Waals surface area contributed by atoms with Crippen molar-refractivity contribution in [3.8, 4) is 11.5 Å². The zero-order valence-corrected chi connectivity index (χ0v) is 14.0. The van der Waals surface area contributed by atoms with Gasteiger partial charge >= 0.3 is 0 Å². The molecule has 4 nitrogen and oxygen atoms in total. The van der Waals surface area contributed by atoms with Crippen LogP contribution in [0.3, 0.4) is 0 Å². The van der Waals surface area contributed by atoms with Crippen LogP contribution in [0, 0.1) is 0 Å². The van der Waals surface area contributed by atoms with E-state index >= 15 is 0 Å². The molecular weight excluding hydrogens is 300 g/mol. The number of aliphatic hydroxyl groups is 1. The highest BCUT2D eigenvalue weighted by Crippen LogP contribution is 2.41. The summed E-state index contributed by atoms with van der Waals surface area (Å²) in [5.74, 6) is 1.47. The van der Waals surface area contributed by atoms with Gasteiger partial charge < -0.3 is 14.6 Å². The molecule has 1 N–H and O–H groups in total. The number of hydrogen-bond acceptors (Lipinski definition) is 4. The first-order chi connectivity index (χ1) is 10.5. The van der Waals surface area contributed by atoms with Crippen molar-refractivity contribution >= 4 is 10.8 Å². The lowest BCUT2D eigenvalue weighted by Crippen LogP contribution is -2.50. The summed E-state index contributed by atoms with van der Waals surface area (Å²) in [5, 5.41) is 11.4. The Balaban J connectivity index is 1.81. The standard InChI is InChI=1S/C17H24O4S/c1-20-13-6-12(7-14(8-13)21-2)9-17(18)10-15-4-3-5-16(11-17)22(15)19/h6-8,15-16,18H,3-5,9-11H2,1-2H3. The van der Waals surface area contributed by atoms with E-state index in [4.69, 9.17) is 9.47 Å². The topological polar surface area (TPSA) is 55.8 Å². The van der Waals surface area contributed by atoms with Crippen LogP contribution in [0.1, 0.15) is 37.7 Å². The molecule has 3 rings (SSSR count). The van der Waals surface area contributed by atoms with Crippen molar-refractivity contribution in [2.45, 2.75) is 54.6 Å². The molecular formula is C17H24O4S. The maximum absolute atomic E-state index is 12.3. The maximum Gasteiger partial charge on any atom is 0.122 e. The molecule has 1 aromatic rings. The van der Waals surface area contributed by atoms with Crippen LogP contribution in [0.25, 0.3) is 0 Å². The molecule has 122 valence electrons. The predicted molar refractivity (Wildman–Crippen MR) is 87.0 cm³/mol. The van der Waals surface area contributed by atoms with E-state index in [9.17, 15) is 9.32 Å². The molecule has 0 amide bonds. The van der Waals surface area contributed by atoms with Gasteiger partial charge in [-0.05, 0) is 43.4 Å². The van der Waals surface area contributed by atoms with E-state index in [-0.39, 0.29) is 10.5 Å². The fourth-order valence-electron chi connectivity index (χ4n) is 3.87. The van der Waals surface area contributed by atoms with Gasteiger partial charge in [0.1, 0.15) is 11.5 Å². The largest absolute Gasteiger partial charge is 0.497 e. The van der Waals surface area contributed by atoms with Crippen molar-refractivity contribution < 1.29 is 18.8 Å². The minimum atomic E-state index is -0.763. The first-order valence-corrected chi connectivity index (χ1v) is 9.14. The molecule has 2 saturated heterocycles. The van der Waals surface area contributed by atoms with Gasteiger partial charge in [-0.15, -0.1) is 0 Å². The quantitative estimate of drug-likeness (QED) is 0.924. The molecule has 2 atom stereocenters. The minimum Gasteiger partial charge on any atom is -0.497 e. The average Bonchev–Trinajstić information content (AvgIpc) is 2.48. The van der Waals surface area contributed by atoms with Gasteiger partial charge in [0.25, 0.3) is 0 Å². The molecule has 0 aliphatic carbocycles. The third kappa shape index (κ3) is 3.15. The van der Waals surface area contributed by atoms with Crippen molar-refractivity contribution in [3.63, 3.8) is 0 Å². The summed E-state index contributed by atoms with van der Waals surface area (Å²) in [6.45, 7) is 0. The Bertz CT molecular complexity index is 534. The first kappa shape index (κ1) is 15.8. The second kappa shape index (κ2) is 6.20. The Morgan fingerprint density at radius 3 is 2.18 bits per heavy atom. The fourth-order valence-corrected chi connectivity index (χ4v) is 6.16. The van der Waals surface area contributed by atoms with Gasteiger partial charge in [0.2, 0.25) is 0 Å². The third-order valence-electron chi connectivity index (χ3n) is 4.87. The second-order valence-corrected chi connectivity index (χ2v) is 8.52. The van der Waals surface area contributed by atoms with E-state index in [1.807, 2.05) is 18.2 Å². The average molecular weight is 324 g/mol.